The zero-order valence-electron chi connectivity index (χ0n) is 14.7. The molecular formula is C17H23NO7S. The van der Waals surface area contributed by atoms with E-state index in [0.29, 0.717) is 13.0 Å². The van der Waals surface area contributed by atoms with Gasteiger partial charge in [0, 0.05) is 18.7 Å². The van der Waals surface area contributed by atoms with Crippen LogP contribution in [0.2, 0.25) is 0 Å². The molecular weight excluding hydrogens is 362 g/mol. The van der Waals surface area contributed by atoms with E-state index in [1.54, 1.807) is 0 Å². The lowest BCUT2D eigenvalue weighted by molar-refractivity contribution is -0.137. The van der Waals surface area contributed by atoms with Gasteiger partial charge in [-0.25, -0.2) is 13.2 Å². The Labute approximate surface area is 152 Å². The number of sulfone groups is 1. The van der Waals surface area contributed by atoms with E-state index in [9.17, 15) is 28.2 Å². The Kier molecular flexibility index (Phi) is 6.12. The number of aromatic hydroxyl groups is 2. The Bertz CT molecular complexity index is 788. The minimum Gasteiger partial charge on any atom is -0.508 e. The third-order valence-corrected chi connectivity index (χ3v) is 5.81. The van der Waals surface area contributed by atoms with Gasteiger partial charge in [-0.2, -0.15) is 0 Å². The summed E-state index contributed by atoms with van der Waals surface area (Å²) < 4.78 is 28.4. The maximum Gasteiger partial charge on any atom is 0.342 e. The molecule has 0 spiro atoms. The fraction of sp³-hybridized carbons (Fsp3) is 0.529. The highest BCUT2D eigenvalue weighted by Crippen LogP contribution is 2.23. The first-order chi connectivity index (χ1) is 12.1. The predicted octanol–water partition coefficient (Wildman–Crippen LogP) is 0.926. The highest BCUT2D eigenvalue weighted by Gasteiger charge is 2.35. The lowest BCUT2D eigenvalue weighted by Gasteiger charge is -2.29. The molecule has 1 heterocycles. The maximum atomic E-state index is 12.5. The zero-order valence-corrected chi connectivity index (χ0v) is 15.5. The van der Waals surface area contributed by atoms with Crippen molar-refractivity contribution in [1.29, 1.82) is 0 Å². The number of hydrogen-bond acceptors (Lipinski definition) is 7. The molecule has 144 valence electrons. The molecule has 0 radical (unpaired) electrons. The molecule has 2 rings (SSSR count). The van der Waals surface area contributed by atoms with Crippen molar-refractivity contribution in [2.24, 2.45) is 5.92 Å². The van der Waals surface area contributed by atoms with Crippen LogP contribution in [-0.2, 0) is 19.4 Å². The molecule has 9 heteroatoms. The Morgan fingerprint density at radius 1 is 1.31 bits per heavy atom. The van der Waals surface area contributed by atoms with Crippen LogP contribution in [0.15, 0.2) is 18.2 Å². The minimum absolute atomic E-state index is 0.0424. The lowest BCUT2D eigenvalue weighted by atomic mass is 10.1. The number of amides is 1. The number of carbonyl (C=O) groups is 2. The van der Waals surface area contributed by atoms with E-state index in [4.69, 9.17) is 4.74 Å². The maximum absolute atomic E-state index is 12.5. The van der Waals surface area contributed by atoms with Gasteiger partial charge in [0.2, 0.25) is 0 Å². The van der Waals surface area contributed by atoms with Gasteiger partial charge in [-0.05, 0) is 24.5 Å². The largest absolute Gasteiger partial charge is 0.508 e. The van der Waals surface area contributed by atoms with Gasteiger partial charge in [0.05, 0.1) is 11.5 Å². The summed E-state index contributed by atoms with van der Waals surface area (Å²) in [4.78, 5) is 26.0. The van der Waals surface area contributed by atoms with Crippen LogP contribution in [0.4, 0.5) is 0 Å². The fourth-order valence-corrected chi connectivity index (χ4v) is 4.58. The van der Waals surface area contributed by atoms with Gasteiger partial charge < -0.3 is 19.8 Å². The quantitative estimate of drug-likeness (QED) is 0.699. The first-order valence-corrected chi connectivity index (χ1v) is 10.1. The molecule has 1 aliphatic rings. The van der Waals surface area contributed by atoms with Crippen LogP contribution in [0.3, 0.4) is 0 Å². The molecule has 0 aromatic heterocycles. The second-order valence-electron chi connectivity index (χ2n) is 6.77. The monoisotopic (exact) mass is 385 g/mol. The first kappa shape index (κ1) is 20.0. The second-order valence-corrected chi connectivity index (χ2v) is 9.00. The van der Waals surface area contributed by atoms with Crippen molar-refractivity contribution in [3.05, 3.63) is 23.8 Å². The van der Waals surface area contributed by atoms with Crippen molar-refractivity contribution in [3.8, 4) is 11.5 Å². The molecule has 1 fully saturated rings. The summed E-state index contributed by atoms with van der Waals surface area (Å²) >= 11 is 0. The molecule has 2 N–H and O–H groups in total. The third-order valence-electron chi connectivity index (χ3n) is 4.06. The zero-order chi connectivity index (χ0) is 19.5. The van der Waals surface area contributed by atoms with Crippen LogP contribution in [0.25, 0.3) is 0 Å². The van der Waals surface area contributed by atoms with Crippen LogP contribution in [0.1, 0.15) is 30.6 Å². The molecule has 0 aliphatic carbocycles. The second kappa shape index (κ2) is 7.94. The standard InChI is InChI=1S/C17H23NO7S/c1-11(2)8-18(12-5-6-26(23,24)10-12)16(21)9-25-17(22)14-4-3-13(19)7-15(14)20/h3-4,7,11-12,19-20H,5-6,8-10H2,1-2H3. The molecule has 1 amide bonds. The number of ether oxygens (including phenoxy) is 1. The van der Waals surface area contributed by atoms with Crippen molar-refractivity contribution in [3.63, 3.8) is 0 Å². The molecule has 1 aliphatic heterocycles. The number of esters is 1. The smallest absolute Gasteiger partial charge is 0.342 e. The predicted molar refractivity (Wildman–Crippen MR) is 93.7 cm³/mol. The Hall–Kier alpha value is -2.29. The Balaban J connectivity index is 2.03. The number of rotatable bonds is 6. The van der Waals surface area contributed by atoms with Crippen molar-refractivity contribution in [2.45, 2.75) is 26.3 Å². The molecule has 1 saturated heterocycles. The van der Waals surface area contributed by atoms with Gasteiger partial charge in [-0.3, -0.25) is 4.79 Å². The van der Waals surface area contributed by atoms with E-state index >= 15 is 0 Å². The summed E-state index contributed by atoms with van der Waals surface area (Å²) in [7, 11) is -3.15. The minimum atomic E-state index is -3.15. The van der Waals surface area contributed by atoms with Gasteiger partial charge in [0.1, 0.15) is 17.1 Å². The third kappa shape index (κ3) is 5.10. The summed E-state index contributed by atoms with van der Waals surface area (Å²) in [6.07, 6.45) is 0.369. The molecule has 1 aromatic rings. The number of carbonyl (C=O) groups excluding carboxylic acids is 2. The van der Waals surface area contributed by atoms with E-state index < -0.39 is 40.1 Å². The fourth-order valence-electron chi connectivity index (χ4n) is 2.85. The van der Waals surface area contributed by atoms with Crippen molar-refractivity contribution in [2.75, 3.05) is 24.7 Å². The number of benzene rings is 1. The molecule has 26 heavy (non-hydrogen) atoms. The molecule has 1 aromatic carbocycles. The molecule has 0 saturated carbocycles. The molecule has 0 bridgehead atoms. The van der Waals surface area contributed by atoms with E-state index in [0.717, 1.165) is 6.07 Å². The number of phenols is 2. The van der Waals surface area contributed by atoms with Gasteiger partial charge in [-0.15, -0.1) is 0 Å². The van der Waals surface area contributed by atoms with Crippen molar-refractivity contribution >= 4 is 21.7 Å². The van der Waals surface area contributed by atoms with E-state index in [2.05, 4.69) is 0 Å². The first-order valence-electron chi connectivity index (χ1n) is 8.28. The van der Waals surface area contributed by atoms with Crippen LogP contribution in [-0.4, -0.2) is 66.1 Å². The average Bonchev–Trinajstić information content (AvgIpc) is 2.89. The highest BCUT2D eigenvalue weighted by atomic mass is 32.2. The molecule has 1 unspecified atom stereocenters. The molecule has 8 nitrogen and oxygen atoms in total. The normalized spacial score (nSPS) is 18.7. The lowest BCUT2D eigenvalue weighted by Crippen LogP contribution is -2.45. The molecule has 1 atom stereocenters. The summed E-state index contributed by atoms with van der Waals surface area (Å²) in [5, 5.41) is 18.9. The average molecular weight is 385 g/mol. The summed E-state index contributed by atoms with van der Waals surface area (Å²) in [5.74, 6) is -1.96. The highest BCUT2D eigenvalue weighted by molar-refractivity contribution is 7.91. The number of phenolic OH excluding ortho intramolecular Hbond substituents is 2. The van der Waals surface area contributed by atoms with Crippen molar-refractivity contribution < 1.29 is 33.0 Å². The SMILES string of the molecule is CC(C)CN(C(=O)COC(=O)c1ccc(O)cc1O)C1CCS(=O)(=O)C1. The topological polar surface area (TPSA) is 121 Å². The van der Waals surface area contributed by atoms with Gasteiger partial charge in [-0.1, -0.05) is 13.8 Å². The van der Waals surface area contributed by atoms with Gasteiger partial charge in [0.25, 0.3) is 5.91 Å². The van der Waals surface area contributed by atoms with Gasteiger partial charge >= 0.3 is 5.97 Å². The summed E-state index contributed by atoms with van der Waals surface area (Å²) in [6.45, 7) is 3.62. The summed E-state index contributed by atoms with van der Waals surface area (Å²) in [5.41, 5.74) is -0.172. The van der Waals surface area contributed by atoms with Crippen LogP contribution >= 0.6 is 0 Å². The van der Waals surface area contributed by atoms with Crippen molar-refractivity contribution in [1.82, 2.24) is 4.90 Å². The van der Waals surface area contributed by atoms with Crippen LogP contribution < -0.4 is 0 Å². The summed E-state index contributed by atoms with van der Waals surface area (Å²) in [6, 6.07) is 2.97. The Morgan fingerprint density at radius 2 is 2.00 bits per heavy atom. The van der Waals surface area contributed by atoms with Crippen LogP contribution in [0, 0.1) is 5.92 Å². The van der Waals surface area contributed by atoms with E-state index in [1.807, 2.05) is 13.8 Å². The van der Waals surface area contributed by atoms with E-state index in [-0.39, 0.29) is 28.7 Å². The van der Waals surface area contributed by atoms with Gasteiger partial charge in [0.15, 0.2) is 16.4 Å². The van der Waals surface area contributed by atoms with Crippen LogP contribution in [0.5, 0.6) is 11.5 Å². The number of hydrogen-bond donors (Lipinski definition) is 2. The van der Waals surface area contributed by atoms with E-state index in [1.165, 1.54) is 17.0 Å². The number of nitrogens with zero attached hydrogens (tertiary/aromatic N) is 1. The Morgan fingerprint density at radius 3 is 2.54 bits per heavy atom.